The Labute approximate surface area is 102 Å². The predicted molar refractivity (Wildman–Crippen MR) is 65.6 cm³/mol. The van der Waals surface area contributed by atoms with Crippen LogP contribution < -0.4 is 5.32 Å². The van der Waals surface area contributed by atoms with Crippen LogP contribution >= 0.6 is 11.6 Å². The molecule has 5 heteroatoms. The van der Waals surface area contributed by atoms with Crippen molar-refractivity contribution in [1.29, 1.82) is 0 Å². The van der Waals surface area contributed by atoms with E-state index in [0.717, 1.165) is 25.8 Å². The molecule has 1 rings (SSSR count). The molecule has 1 unspecified atom stereocenters. The predicted octanol–water partition coefficient (Wildman–Crippen LogP) is 1.68. The summed E-state index contributed by atoms with van der Waals surface area (Å²) in [6.45, 7) is 3.06. The lowest BCUT2D eigenvalue weighted by molar-refractivity contribution is 0.170. The third-order valence-electron chi connectivity index (χ3n) is 2.92. The van der Waals surface area contributed by atoms with Crippen molar-refractivity contribution < 1.29 is 5.11 Å². The maximum atomic E-state index is 9.21. The Morgan fingerprint density at radius 3 is 2.81 bits per heavy atom. The molecule has 1 atom stereocenters. The van der Waals surface area contributed by atoms with Gasteiger partial charge in [0, 0.05) is 18.3 Å². The van der Waals surface area contributed by atoms with E-state index in [-0.39, 0.29) is 12.1 Å². The van der Waals surface area contributed by atoms with Gasteiger partial charge >= 0.3 is 0 Å². The highest BCUT2D eigenvalue weighted by atomic mass is 35.5. The fraction of sp³-hybridized carbons (Fsp3) is 0.727. The molecule has 0 amide bonds. The van der Waals surface area contributed by atoms with Crippen molar-refractivity contribution in [2.75, 3.05) is 13.7 Å². The number of aliphatic hydroxyl groups excluding tert-OH is 1. The Morgan fingerprint density at radius 1 is 1.56 bits per heavy atom. The zero-order chi connectivity index (χ0) is 12.0. The van der Waals surface area contributed by atoms with Crippen LogP contribution in [0.3, 0.4) is 0 Å². The highest BCUT2D eigenvalue weighted by Crippen LogP contribution is 2.13. The highest BCUT2D eigenvalue weighted by molar-refractivity contribution is 6.30. The van der Waals surface area contributed by atoms with Gasteiger partial charge in [0.15, 0.2) is 0 Å². The third kappa shape index (κ3) is 4.12. The first kappa shape index (κ1) is 13.5. The Morgan fingerprint density at radius 2 is 2.31 bits per heavy atom. The number of rotatable bonds is 7. The highest BCUT2D eigenvalue weighted by Gasteiger charge is 2.19. The maximum Gasteiger partial charge on any atom is 0.0785 e. The summed E-state index contributed by atoms with van der Waals surface area (Å²) in [5.74, 6) is 0. The molecule has 0 spiro atoms. The quantitative estimate of drug-likeness (QED) is 0.719. The first-order chi connectivity index (χ1) is 7.59. The number of hydrogen-bond donors (Lipinski definition) is 2. The summed E-state index contributed by atoms with van der Waals surface area (Å²) in [5, 5.41) is 17.1. The largest absolute Gasteiger partial charge is 0.394 e. The second-order valence-electron chi connectivity index (χ2n) is 4.35. The molecule has 0 aromatic carbocycles. The molecule has 0 radical (unpaired) electrons. The standard InChI is InChI=1S/C11H20ClN3O/c1-11(9-16,13-2)5-3-4-6-15-8-10(12)7-14-15/h7-8,13,16H,3-6,9H2,1-2H3. The Balaban J connectivity index is 2.21. The van der Waals surface area contributed by atoms with Crippen molar-refractivity contribution in [2.45, 2.75) is 38.3 Å². The van der Waals surface area contributed by atoms with Crippen LogP contribution in [-0.4, -0.2) is 34.1 Å². The molecule has 1 heterocycles. The molecule has 0 fully saturated rings. The molecule has 2 N–H and O–H groups in total. The number of halogens is 1. The van der Waals surface area contributed by atoms with E-state index in [1.807, 2.05) is 24.9 Å². The molecule has 16 heavy (non-hydrogen) atoms. The Hall–Kier alpha value is -0.580. The van der Waals surface area contributed by atoms with E-state index >= 15 is 0 Å². The van der Waals surface area contributed by atoms with Gasteiger partial charge in [0.1, 0.15) is 0 Å². The van der Waals surface area contributed by atoms with Crippen LogP contribution in [0.25, 0.3) is 0 Å². The van der Waals surface area contributed by atoms with Crippen LogP contribution in [0, 0.1) is 0 Å². The molecule has 0 aliphatic heterocycles. The van der Waals surface area contributed by atoms with Crippen LogP contribution in [0.1, 0.15) is 26.2 Å². The van der Waals surface area contributed by atoms with Crippen LogP contribution in [0.5, 0.6) is 0 Å². The number of nitrogens with zero attached hydrogens (tertiary/aromatic N) is 2. The van der Waals surface area contributed by atoms with Gasteiger partial charge in [0.25, 0.3) is 0 Å². The van der Waals surface area contributed by atoms with Gasteiger partial charge in [0.05, 0.1) is 17.8 Å². The first-order valence-corrected chi connectivity index (χ1v) is 5.95. The molecule has 1 aromatic heterocycles. The van der Waals surface area contributed by atoms with Gasteiger partial charge in [-0.25, -0.2) is 0 Å². The zero-order valence-corrected chi connectivity index (χ0v) is 10.7. The minimum atomic E-state index is -0.165. The molecular formula is C11H20ClN3O. The van der Waals surface area contributed by atoms with Crippen molar-refractivity contribution in [3.63, 3.8) is 0 Å². The molecule has 4 nitrogen and oxygen atoms in total. The number of aliphatic hydroxyl groups is 1. The number of aromatic nitrogens is 2. The lowest BCUT2D eigenvalue weighted by Crippen LogP contribution is -2.43. The number of nitrogens with one attached hydrogen (secondary N) is 1. The minimum absolute atomic E-state index is 0.164. The first-order valence-electron chi connectivity index (χ1n) is 5.57. The van der Waals surface area contributed by atoms with E-state index in [0.29, 0.717) is 5.02 Å². The van der Waals surface area contributed by atoms with Gasteiger partial charge < -0.3 is 10.4 Å². The average molecular weight is 246 g/mol. The van der Waals surface area contributed by atoms with Gasteiger partial charge in [-0.2, -0.15) is 5.10 Å². The monoisotopic (exact) mass is 245 g/mol. The Bertz CT molecular complexity index is 310. The van der Waals surface area contributed by atoms with Crippen LogP contribution in [-0.2, 0) is 6.54 Å². The summed E-state index contributed by atoms with van der Waals surface area (Å²) in [6, 6.07) is 0. The van der Waals surface area contributed by atoms with E-state index in [2.05, 4.69) is 10.4 Å². The summed E-state index contributed by atoms with van der Waals surface area (Å²) in [4.78, 5) is 0. The van der Waals surface area contributed by atoms with E-state index in [9.17, 15) is 5.11 Å². The van der Waals surface area contributed by atoms with Gasteiger partial charge in [0.2, 0.25) is 0 Å². The molecular weight excluding hydrogens is 226 g/mol. The molecule has 0 aliphatic carbocycles. The average Bonchev–Trinajstić information content (AvgIpc) is 2.70. The third-order valence-corrected chi connectivity index (χ3v) is 3.12. The zero-order valence-electron chi connectivity index (χ0n) is 9.91. The van der Waals surface area contributed by atoms with E-state index in [4.69, 9.17) is 11.6 Å². The maximum absolute atomic E-state index is 9.21. The number of aryl methyl sites for hydroxylation is 1. The van der Waals surface area contributed by atoms with Gasteiger partial charge in [-0.3, -0.25) is 4.68 Å². The van der Waals surface area contributed by atoms with Crippen molar-refractivity contribution in [3.8, 4) is 0 Å². The normalized spacial score (nSPS) is 15.0. The van der Waals surface area contributed by atoms with E-state index < -0.39 is 0 Å². The second-order valence-corrected chi connectivity index (χ2v) is 4.78. The van der Waals surface area contributed by atoms with Crippen molar-refractivity contribution in [3.05, 3.63) is 17.4 Å². The lowest BCUT2D eigenvalue weighted by atomic mass is 9.96. The van der Waals surface area contributed by atoms with E-state index in [1.54, 1.807) is 6.20 Å². The minimum Gasteiger partial charge on any atom is -0.394 e. The lowest BCUT2D eigenvalue weighted by Gasteiger charge is -2.26. The molecule has 0 aliphatic rings. The van der Waals surface area contributed by atoms with Gasteiger partial charge in [-0.1, -0.05) is 11.6 Å². The fourth-order valence-electron chi connectivity index (χ4n) is 1.53. The fourth-order valence-corrected chi connectivity index (χ4v) is 1.69. The molecule has 0 saturated carbocycles. The van der Waals surface area contributed by atoms with Gasteiger partial charge in [-0.15, -0.1) is 0 Å². The molecule has 92 valence electrons. The van der Waals surface area contributed by atoms with Crippen molar-refractivity contribution >= 4 is 11.6 Å². The van der Waals surface area contributed by atoms with Crippen LogP contribution in [0.15, 0.2) is 12.4 Å². The topological polar surface area (TPSA) is 50.1 Å². The second kappa shape index (κ2) is 6.23. The number of hydrogen-bond acceptors (Lipinski definition) is 3. The van der Waals surface area contributed by atoms with Crippen molar-refractivity contribution in [2.24, 2.45) is 0 Å². The number of unbranched alkanes of at least 4 members (excludes halogenated alkanes) is 1. The van der Waals surface area contributed by atoms with E-state index in [1.165, 1.54) is 0 Å². The SMILES string of the molecule is CNC(C)(CO)CCCCn1cc(Cl)cn1. The molecule has 1 aromatic rings. The Kier molecular flexibility index (Phi) is 5.25. The number of likely N-dealkylation sites (N-methyl/N-ethyl adjacent to an activating group) is 1. The summed E-state index contributed by atoms with van der Waals surface area (Å²) >= 11 is 5.76. The van der Waals surface area contributed by atoms with Crippen LogP contribution in [0.4, 0.5) is 0 Å². The summed E-state index contributed by atoms with van der Waals surface area (Å²) < 4.78 is 1.85. The summed E-state index contributed by atoms with van der Waals surface area (Å²) in [6.07, 6.45) is 6.51. The van der Waals surface area contributed by atoms with Crippen molar-refractivity contribution in [1.82, 2.24) is 15.1 Å². The van der Waals surface area contributed by atoms with Crippen LogP contribution in [0.2, 0.25) is 5.02 Å². The smallest absolute Gasteiger partial charge is 0.0785 e. The summed E-state index contributed by atoms with van der Waals surface area (Å²) in [7, 11) is 1.88. The molecule has 0 bridgehead atoms. The van der Waals surface area contributed by atoms with Gasteiger partial charge in [-0.05, 0) is 33.2 Å². The molecule has 0 saturated heterocycles. The summed E-state index contributed by atoms with van der Waals surface area (Å²) in [5.41, 5.74) is -0.165.